The second-order valence-electron chi connectivity index (χ2n) is 6.02. The first kappa shape index (κ1) is 14.3. The summed E-state index contributed by atoms with van der Waals surface area (Å²) < 4.78 is 13.1. The Hall–Kier alpha value is -1.13. The monoisotopic (exact) mass is 266 g/mol. The first-order chi connectivity index (χ1) is 8.94. The van der Waals surface area contributed by atoms with Gasteiger partial charge in [0.1, 0.15) is 5.82 Å². The number of rotatable bonds is 3. The van der Waals surface area contributed by atoms with Gasteiger partial charge in [0.2, 0.25) is 0 Å². The molecular weight excluding hydrogens is 243 g/mol. The van der Waals surface area contributed by atoms with Gasteiger partial charge < -0.3 is 14.9 Å². The predicted octanol–water partition coefficient (Wildman–Crippen LogP) is 2.11. The van der Waals surface area contributed by atoms with Crippen LogP contribution in [0.3, 0.4) is 0 Å². The molecule has 0 amide bonds. The van der Waals surface area contributed by atoms with Crippen LogP contribution in [0.1, 0.15) is 20.3 Å². The molecule has 1 atom stereocenters. The maximum Gasteiger partial charge on any atom is 0.123 e. The quantitative estimate of drug-likeness (QED) is 0.907. The van der Waals surface area contributed by atoms with E-state index < -0.39 is 0 Å². The molecule has 3 nitrogen and oxygen atoms in total. The van der Waals surface area contributed by atoms with Crippen LogP contribution in [0.2, 0.25) is 0 Å². The van der Waals surface area contributed by atoms with Gasteiger partial charge in [-0.15, -0.1) is 0 Å². The summed E-state index contributed by atoms with van der Waals surface area (Å²) in [6.07, 6.45) is 0.727. The Bertz CT molecular complexity index is 419. The van der Waals surface area contributed by atoms with Crippen LogP contribution >= 0.6 is 0 Å². The van der Waals surface area contributed by atoms with Crippen molar-refractivity contribution in [2.75, 3.05) is 31.6 Å². The number of benzene rings is 1. The first-order valence-corrected chi connectivity index (χ1v) is 6.78. The molecule has 1 fully saturated rings. The second kappa shape index (κ2) is 5.47. The van der Waals surface area contributed by atoms with Crippen molar-refractivity contribution in [3.63, 3.8) is 0 Å². The minimum Gasteiger partial charge on any atom is -0.396 e. The molecule has 1 saturated heterocycles. The number of likely N-dealkylation sites (N-methyl/N-ethyl adjacent to an activating group) is 1. The van der Waals surface area contributed by atoms with Crippen molar-refractivity contribution in [1.29, 1.82) is 0 Å². The number of aliphatic hydroxyl groups excluding tert-OH is 1. The summed E-state index contributed by atoms with van der Waals surface area (Å²) in [5.74, 6) is -0.214. The molecule has 0 aliphatic carbocycles. The van der Waals surface area contributed by atoms with Gasteiger partial charge in [0.25, 0.3) is 0 Å². The Morgan fingerprint density at radius 1 is 1.32 bits per heavy atom. The van der Waals surface area contributed by atoms with Crippen LogP contribution in [0.25, 0.3) is 0 Å². The minimum atomic E-state index is -0.214. The van der Waals surface area contributed by atoms with E-state index in [1.54, 1.807) is 0 Å². The van der Waals surface area contributed by atoms with Crippen molar-refractivity contribution < 1.29 is 9.50 Å². The Kier molecular flexibility index (Phi) is 4.11. The molecule has 0 aromatic heterocycles. The number of hydrogen-bond acceptors (Lipinski definition) is 3. The summed E-state index contributed by atoms with van der Waals surface area (Å²) in [4.78, 5) is 4.61. The average Bonchev–Trinajstić information content (AvgIpc) is 2.30. The third-order valence-corrected chi connectivity index (χ3v) is 3.76. The van der Waals surface area contributed by atoms with Crippen LogP contribution in [-0.2, 0) is 0 Å². The van der Waals surface area contributed by atoms with Gasteiger partial charge in [-0.2, -0.15) is 0 Å². The summed E-state index contributed by atoms with van der Waals surface area (Å²) >= 11 is 0. The highest BCUT2D eigenvalue weighted by atomic mass is 19.1. The van der Waals surface area contributed by atoms with Crippen LogP contribution < -0.4 is 4.90 Å². The molecule has 0 bridgehead atoms. The van der Waals surface area contributed by atoms with Crippen molar-refractivity contribution in [3.05, 3.63) is 30.1 Å². The predicted molar refractivity (Wildman–Crippen MR) is 75.9 cm³/mol. The number of piperazine rings is 1. The molecule has 1 aliphatic heterocycles. The van der Waals surface area contributed by atoms with Crippen LogP contribution in [0.15, 0.2) is 24.3 Å². The van der Waals surface area contributed by atoms with E-state index in [1.807, 2.05) is 12.1 Å². The van der Waals surface area contributed by atoms with Gasteiger partial charge in [-0.25, -0.2) is 4.39 Å². The topological polar surface area (TPSA) is 26.7 Å². The molecule has 1 aliphatic rings. The lowest BCUT2D eigenvalue weighted by molar-refractivity contribution is 0.159. The average molecular weight is 266 g/mol. The molecule has 1 aromatic carbocycles. The molecule has 4 heteroatoms. The Labute approximate surface area is 114 Å². The Morgan fingerprint density at radius 3 is 2.53 bits per heavy atom. The summed E-state index contributed by atoms with van der Waals surface area (Å²) in [5.41, 5.74) is 0.989. The smallest absolute Gasteiger partial charge is 0.123 e. The zero-order chi connectivity index (χ0) is 14.0. The second-order valence-corrected chi connectivity index (χ2v) is 6.02. The highest BCUT2D eigenvalue weighted by Gasteiger charge is 2.38. The van der Waals surface area contributed by atoms with Gasteiger partial charge in [0.15, 0.2) is 0 Å². The minimum absolute atomic E-state index is 0.0370. The molecule has 0 radical (unpaired) electrons. The van der Waals surface area contributed by atoms with Crippen LogP contribution in [0.4, 0.5) is 10.1 Å². The normalized spacial score (nSPS) is 23.6. The summed E-state index contributed by atoms with van der Waals surface area (Å²) in [6, 6.07) is 6.91. The van der Waals surface area contributed by atoms with E-state index in [2.05, 4.69) is 30.7 Å². The number of aliphatic hydroxyl groups is 1. The van der Waals surface area contributed by atoms with Crippen molar-refractivity contribution in [3.8, 4) is 0 Å². The van der Waals surface area contributed by atoms with Gasteiger partial charge in [-0.1, -0.05) is 0 Å². The maximum atomic E-state index is 13.1. The zero-order valence-electron chi connectivity index (χ0n) is 11.9. The summed E-state index contributed by atoms with van der Waals surface area (Å²) in [5, 5.41) is 9.28. The van der Waals surface area contributed by atoms with E-state index in [4.69, 9.17) is 0 Å². The van der Waals surface area contributed by atoms with Crippen molar-refractivity contribution in [2.45, 2.75) is 31.8 Å². The van der Waals surface area contributed by atoms with Gasteiger partial charge >= 0.3 is 0 Å². The van der Waals surface area contributed by atoms with E-state index in [-0.39, 0.29) is 24.0 Å². The molecule has 0 saturated carbocycles. The molecule has 1 unspecified atom stereocenters. The lowest BCUT2D eigenvalue weighted by atomic mass is 9.92. The Balaban J connectivity index is 2.33. The lowest BCUT2D eigenvalue weighted by Crippen LogP contribution is -2.63. The Morgan fingerprint density at radius 2 is 1.95 bits per heavy atom. The fourth-order valence-electron chi connectivity index (χ4n) is 3.27. The van der Waals surface area contributed by atoms with Crippen LogP contribution in [-0.4, -0.2) is 48.3 Å². The number of anilines is 1. The molecule has 2 rings (SSSR count). The van der Waals surface area contributed by atoms with E-state index in [1.165, 1.54) is 12.1 Å². The SMILES string of the molecule is CN1CC(CCO)N(c2ccc(F)cc2)C(C)(C)C1. The van der Waals surface area contributed by atoms with Crippen LogP contribution in [0, 0.1) is 5.82 Å². The van der Waals surface area contributed by atoms with Gasteiger partial charge in [-0.05, 0) is 51.6 Å². The molecule has 106 valence electrons. The summed E-state index contributed by atoms with van der Waals surface area (Å²) in [6.45, 7) is 6.42. The zero-order valence-corrected chi connectivity index (χ0v) is 11.9. The number of nitrogens with zero attached hydrogens (tertiary/aromatic N) is 2. The summed E-state index contributed by atoms with van der Waals surface area (Å²) in [7, 11) is 2.11. The van der Waals surface area contributed by atoms with Crippen LogP contribution in [0.5, 0.6) is 0 Å². The van der Waals surface area contributed by atoms with E-state index in [0.717, 1.165) is 25.2 Å². The third kappa shape index (κ3) is 3.07. The highest BCUT2D eigenvalue weighted by molar-refractivity contribution is 5.51. The van der Waals surface area contributed by atoms with Crippen molar-refractivity contribution in [2.24, 2.45) is 0 Å². The fraction of sp³-hybridized carbons (Fsp3) is 0.600. The van der Waals surface area contributed by atoms with Gasteiger partial charge in [-0.3, -0.25) is 0 Å². The number of halogens is 1. The van der Waals surface area contributed by atoms with E-state index in [9.17, 15) is 9.50 Å². The number of hydrogen-bond donors (Lipinski definition) is 1. The third-order valence-electron chi connectivity index (χ3n) is 3.76. The standard InChI is InChI=1S/C15H23FN2O/c1-15(2)11-17(3)10-14(8-9-19)18(15)13-6-4-12(16)5-7-13/h4-7,14,19H,8-11H2,1-3H3. The molecule has 1 heterocycles. The molecular formula is C15H23FN2O. The largest absolute Gasteiger partial charge is 0.396 e. The molecule has 19 heavy (non-hydrogen) atoms. The fourth-order valence-corrected chi connectivity index (χ4v) is 3.27. The molecule has 1 N–H and O–H groups in total. The van der Waals surface area contributed by atoms with E-state index >= 15 is 0 Å². The van der Waals surface area contributed by atoms with E-state index in [0.29, 0.717) is 0 Å². The maximum absolute atomic E-state index is 13.1. The first-order valence-electron chi connectivity index (χ1n) is 6.78. The molecule has 0 spiro atoms. The van der Waals surface area contributed by atoms with Crippen molar-refractivity contribution >= 4 is 5.69 Å². The highest BCUT2D eigenvalue weighted by Crippen LogP contribution is 2.32. The lowest BCUT2D eigenvalue weighted by Gasteiger charge is -2.52. The molecule has 1 aromatic rings. The van der Waals surface area contributed by atoms with Gasteiger partial charge in [0.05, 0.1) is 0 Å². The van der Waals surface area contributed by atoms with Gasteiger partial charge in [0, 0.05) is 37.0 Å². The van der Waals surface area contributed by atoms with Crippen molar-refractivity contribution in [1.82, 2.24) is 4.90 Å².